The number of anilines is 1. The van der Waals surface area contributed by atoms with Gasteiger partial charge in [0.1, 0.15) is 5.69 Å². The van der Waals surface area contributed by atoms with E-state index in [9.17, 15) is 0 Å². The Labute approximate surface area is 67.1 Å². The Morgan fingerprint density at radius 2 is 2.22 bits per heavy atom. The van der Waals surface area contributed by atoms with E-state index in [1.807, 2.05) is 0 Å². The second-order valence-electron chi connectivity index (χ2n) is 1.44. The maximum Gasteiger partial charge on any atom is 0.172 e. The number of halogens is 2. The van der Waals surface area contributed by atoms with E-state index in [4.69, 9.17) is 5.73 Å². The zero-order valence-electron chi connectivity index (χ0n) is 4.72. The molecule has 1 aromatic rings. The van der Waals surface area contributed by atoms with Gasteiger partial charge in [-0.3, -0.25) is 0 Å². The van der Waals surface area contributed by atoms with E-state index in [2.05, 4.69) is 25.6 Å². The molecule has 0 aliphatic rings. The molecule has 0 saturated heterocycles. The first-order valence-electron chi connectivity index (χ1n) is 2.09. The van der Waals surface area contributed by atoms with E-state index in [1.54, 1.807) is 6.92 Å². The monoisotopic (exact) mass is 212 g/mol. The number of nitrogen functional groups attached to an aromatic ring is 1. The molecule has 1 rings (SSSR count). The molecule has 5 heteroatoms. The van der Waals surface area contributed by atoms with Crippen molar-refractivity contribution in [3.63, 3.8) is 0 Å². The SMILES string of the molecule is Cc1onc(Br)c1N.Cl. The van der Waals surface area contributed by atoms with Gasteiger partial charge in [-0.2, -0.15) is 0 Å². The number of rotatable bonds is 0. The van der Waals surface area contributed by atoms with Crippen molar-refractivity contribution in [2.45, 2.75) is 6.92 Å². The summed E-state index contributed by atoms with van der Waals surface area (Å²) in [7, 11) is 0. The Bertz CT molecular complexity index is 181. The molecule has 1 aromatic heterocycles. The fraction of sp³-hybridized carbons (Fsp3) is 0.250. The van der Waals surface area contributed by atoms with Gasteiger partial charge >= 0.3 is 0 Å². The highest BCUT2D eigenvalue weighted by Crippen LogP contribution is 2.20. The van der Waals surface area contributed by atoms with E-state index >= 15 is 0 Å². The molecule has 52 valence electrons. The van der Waals surface area contributed by atoms with Crippen LogP contribution in [-0.4, -0.2) is 5.16 Å². The maximum absolute atomic E-state index is 5.40. The molecule has 1 heterocycles. The Morgan fingerprint density at radius 1 is 1.67 bits per heavy atom. The summed E-state index contributed by atoms with van der Waals surface area (Å²) in [5.74, 6) is 0.650. The summed E-state index contributed by atoms with van der Waals surface area (Å²) in [5.41, 5.74) is 5.97. The lowest BCUT2D eigenvalue weighted by Crippen LogP contribution is -1.83. The molecule has 2 N–H and O–H groups in total. The zero-order valence-corrected chi connectivity index (χ0v) is 7.12. The standard InChI is InChI=1S/C4H5BrN2O.ClH/c1-2-3(6)4(5)7-8-2;/h6H2,1H3;1H. The Hall–Kier alpha value is -0.220. The van der Waals surface area contributed by atoms with Gasteiger partial charge in [-0.05, 0) is 22.9 Å². The minimum Gasteiger partial charge on any atom is -0.394 e. The van der Waals surface area contributed by atoms with Crippen LogP contribution in [0.1, 0.15) is 5.76 Å². The minimum atomic E-state index is 0. The van der Waals surface area contributed by atoms with Gasteiger partial charge in [0, 0.05) is 0 Å². The molecule has 0 aliphatic carbocycles. The molecule has 0 aromatic carbocycles. The smallest absolute Gasteiger partial charge is 0.172 e. The number of nitrogens with zero attached hydrogens (tertiary/aromatic N) is 1. The Morgan fingerprint density at radius 3 is 2.33 bits per heavy atom. The van der Waals surface area contributed by atoms with E-state index in [-0.39, 0.29) is 12.4 Å². The van der Waals surface area contributed by atoms with Crippen LogP contribution in [0.5, 0.6) is 0 Å². The van der Waals surface area contributed by atoms with Gasteiger partial charge in [-0.1, -0.05) is 5.16 Å². The normalized spacial score (nSPS) is 8.67. The summed E-state index contributed by atoms with van der Waals surface area (Å²) in [6, 6.07) is 0. The highest BCUT2D eigenvalue weighted by molar-refractivity contribution is 9.10. The molecular formula is C4H6BrClN2O. The fourth-order valence-electron chi connectivity index (χ4n) is 0.352. The van der Waals surface area contributed by atoms with Crippen molar-refractivity contribution < 1.29 is 4.52 Å². The largest absolute Gasteiger partial charge is 0.394 e. The first-order chi connectivity index (χ1) is 3.72. The molecule has 0 saturated carbocycles. The Kier molecular flexibility index (Phi) is 3.00. The molecule has 0 atom stereocenters. The summed E-state index contributed by atoms with van der Waals surface area (Å²) in [5, 5.41) is 3.53. The van der Waals surface area contributed by atoms with Crippen molar-refractivity contribution in [1.29, 1.82) is 0 Å². The predicted molar refractivity (Wildman–Crippen MR) is 40.6 cm³/mol. The van der Waals surface area contributed by atoms with Gasteiger partial charge in [0.25, 0.3) is 0 Å². The maximum atomic E-state index is 5.40. The quantitative estimate of drug-likeness (QED) is 0.714. The van der Waals surface area contributed by atoms with Gasteiger partial charge in [0.15, 0.2) is 10.4 Å². The number of nitrogens with two attached hydrogens (primary N) is 1. The lowest BCUT2D eigenvalue weighted by molar-refractivity contribution is 0.394. The molecule has 3 nitrogen and oxygen atoms in total. The third kappa shape index (κ3) is 1.59. The average molecular weight is 213 g/mol. The molecule has 0 fully saturated rings. The molecule has 0 amide bonds. The highest BCUT2D eigenvalue weighted by Gasteiger charge is 2.02. The third-order valence-electron chi connectivity index (χ3n) is 0.864. The Balaban J connectivity index is 0.000000640. The van der Waals surface area contributed by atoms with Crippen LogP contribution < -0.4 is 5.73 Å². The van der Waals surface area contributed by atoms with E-state index in [1.165, 1.54) is 0 Å². The average Bonchev–Trinajstić information content (AvgIpc) is 1.98. The van der Waals surface area contributed by atoms with Crippen LogP contribution in [0, 0.1) is 6.92 Å². The number of hydrogen-bond acceptors (Lipinski definition) is 3. The van der Waals surface area contributed by atoms with Crippen LogP contribution in [0.3, 0.4) is 0 Å². The van der Waals surface area contributed by atoms with Crippen molar-refractivity contribution in [3.8, 4) is 0 Å². The molecule has 0 bridgehead atoms. The second-order valence-corrected chi connectivity index (χ2v) is 2.19. The van der Waals surface area contributed by atoms with Gasteiger partial charge in [-0.25, -0.2) is 0 Å². The van der Waals surface area contributed by atoms with E-state index in [0.717, 1.165) is 0 Å². The lowest BCUT2D eigenvalue weighted by atomic mass is 10.4. The third-order valence-corrected chi connectivity index (χ3v) is 1.44. The van der Waals surface area contributed by atoms with Crippen LogP contribution in [0.2, 0.25) is 0 Å². The molecule has 0 spiro atoms. The summed E-state index contributed by atoms with van der Waals surface area (Å²) in [4.78, 5) is 0. The van der Waals surface area contributed by atoms with Crippen LogP contribution in [0.15, 0.2) is 9.13 Å². The zero-order chi connectivity index (χ0) is 6.15. The summed E-state index contributed by atoms with van der Waals surface area (Å²) >= 11 is 3.09. The molecule has 0 unspecified atom stereocenters. The van der Waals surface area contributed by atoms with E-state index in [0.29, 0.717) is 16.1 Å². The van der Waals surface area contributed by atoms with Crippen LogP contribution in [0.4, 0.5) is 5.69 Å². The van der Waals surface area contributed by atoms with Crippen molar-refractivity contribution in [1.82, 2.24) is 5.16 Å². The number of aromatic nitrogens is 1. The summed E-state index contributed by atoms with van der Waals surface area (Å²) in [6.07, 6.45) is 0. The van der Waals surface area contributed by atoms with Gasteiger partial charge in [0.05, 0.1) is 0 Å². The molecule has 0 radical (unpaired) electrons. The fourth-order valence-corrected chi connectivity index (χ4v) is 0.704. The number of hydrogen-bond donors (Lipinski definition) is 1. The first kappa shape index (κ1) is 8.78. The summed E-state index contributed by atoms with van der Waals surface area (Å²) < 4.78 is 5.25. The van der Waals surface area contributed by atoms with Crippen molar-refractivity contribution >= 4 is 34.0 Å². The minimum absolute atomic E-state index is 0. The van der Waals surface area contributed by atoms with Gasteiger partial charge in [-0.15, -0.1) is 12.4 Å². The van der Waals surface area contributed by atoms with Crippen LogP contribution >= 0.6 is 28.3 Å². The molecule has 9 heavy (non-hydrogen) atoms. The van der Waals surface area contributed by atoms with Crippen molar-refractivity contribution in [2.24, 2.45) is 0 Å². The summed E-state index contributed by atoms with van der Waals surface area (Å²) in [6.45, 7) is 1.76. The van der Waals surface area contributed by atoms with Crippen molar-refractivity contribution in [3.05, 3.63) is 10.4 Å². The van der Waals surface area contributed by atoms with Gasteiger partial charge in [0.2, 0.25) is 0 Å². The van der Waals surface area contributed by atoms with Crippen molar-refractivity contribution in [2.75, 3.05) is 5.73 Å². The van der Waals surface area contributed by atoms with Gasteiger partial charge < -0.3 is 10.3 Å². The van der Waals surface area contributed by atoms with Crippen LogP contribution in [-0.2, 0) is 0 Å². The number of aryl methyl sites for hydroxylation is 1. The highest BCUT2D eigenvalue weighted by atomic mass is 79.9. The van der Waals surface area contributed by atoms with E-state index < -0.39 is 0 Å². The lowest BCUT2D eigenvalue weighted by Gasteiger charge is -1.80. The topological polar surface area (TPSA) is 52.0 Å². The molecule has 0 aliphatic heterocycles. The first-order valence-corrected chi connectivity index (χ1v) is 2.88. The molecular weight excluding hydrogens is 207 g/mol. The second kappa shape index (κ2) is 3.08. The predicted octanol–water partition coefficient (Wildman–Crippen LogP) is 1.75. The van der Waals surface area contributed by atoms with Crippen LogP contribution in [0.25, 0.3) is 0 Å².